The van der Waals surface area contributed by atoms with E-state index in [2.05, 4.69) is 44.8 Å². The number of carbonyl (C=O) groups is 1. The van der Waals surface area contributed by atoms with Crippen molar-refractivity contribution in [3.63, 3.8) is 0 Å². The average Bonchev–Trinajstić information content (AvgIpc) is 2.38. The van der Waals surface area contributed by atoms with Crippen molar-refractivity contribution >= 4 is 5.91 Å². The van der Waals surface area contributed by atoms with Crippen molar-refractivity contribution in [2.45, 2.75) is 86.7 Å². The van der Waals surface area contributed by atoms with Gasteiger partial charge in [0, 0.05) is 25.6 Å². The standard InChI is InChI=1S/C15H32N2O.C2H6/c1-7-8-10-17(13(4)5)11-9-15(12(2)3)16-14(6)18;1-2/h12-13,15H,7-11H2,1-6H3,(H,16,18);1-2H3. The minimum atomic E-state index is 0.0818. The predicted octanol–water partition coefficient (Wildman–Crippen LogP) is 4.07. The largest absolute Gasteiger partial charge is 0.353 e. The first-order valence-electron chi connectivity index (χ1n) is 8.39. The molecule has 0 aromatic rings. The lowest BCUT2D eigenvalue weighted by Crippen LogP contribution is -2.41. The highest BCUT2D eigenvalue weighted by atomic mass is 16.1. The minimum absolute atomic E-state index is 0.0818. The van der Waals surface area contributed by atoms with Gasteiger partial charge >= 0.3 is 0 Å². The summed E-state index contributed by atoms with van der Waals surface area (Å²) in [6.45, 7) is 18.9. The number of hydrogen-bond donors (Lipinski definition) is 1. The maximum atomic E-state index is 11.2. The fraction of sp³-hybridized carbons (Fsp3) is 0.941. The van der Waals surface area contributed by atoms with Crippen LogP contribution in [0.3, 0.4) is 0 Å². The Hall–Kier alpha value is -0.570. The topological polar surface area (TPSA) is 32.3 Å². The zero-order chi connectivity index (χ0) is 16.1. The molecule has 1 amide bonds. The van der Waals surface area contributed by atoms with Gasteiger partial charge in [0.25, 0.3) is 0 Å². The molecule has 0 saturated heterocycles. The van der Waals surface area contributed by atoms with Gasteiger partial charge < -0.3 is 10.2 Å². The van der Waals surface area contributed by atoms with Crippen LogP contribution in [-0.2, 0) is 4.79 Å². The third-order valence-electron chi connectivity index (χ3n) is 3.45. The van der Waals surface area contributed by atoms with E-state index < -0.39 is 0 Å². The smallest absolute Gasteiger partial charge is 0.217 e. The van der Waals surface area contributed by atoms with Crippen LogP contribution in [0.4, 0.5) is 0 Å². The Balaban J connectivity index is 0. The van der Waals surface area contributed by atoms with E-state index in [4.69, 9.17) is 0 Å². The molecule has 0 aromatic heterocycles. The van der Waals surface area contributed by atoms with E-state index in [1.54, 1.807) is 6.92 Å². The van der Waals surface area contributed by atoms with E-state index in [0.29, 0.717) is 18.0 Å². The van der Waals surface area contributed by atoms with Crippen LogP contribution in [0.2, 0.25) is 0 Å². The normalized spacial score (nSPS) is 12.3. The minimum Gasteiger partial charge on any atom is -0.353 e. The van der Waals surface area contributed by atoms with Crippen molar-refractivity contribution in [1.82, 2.24) is 10.2 Å². The maximum Gasteiger partial charge on any atom is 0.217 e. The molecule has 0 aliphatic rings. The number of rotatable bonds is 9. The van der Waals surface area contributed by atoms with Crippen molar-refractivity contribution in [3.8, 4) is 0 Å². The van der Waals surface area contributed by atoms with Crippen molar-refractivity contribution in [1.29, 1.82) is 0 Å². The molecule has 0 aliphatic heterocycles. The Kier molecular flexibility index (Phi) is 14.6. The summed E-state index contributed by atoms with van der Waals surface area (Å²) in [5.41, 5.74) is 0. The highest BCUT2D eigenvalue weighted by molar-refractivity contribution is 5.73. The van der Waals surface area contributed by atoms with Gasteiger partial charge in [-0.2, -0.15) is 0 Å². The molecule has 0 rings (SSSR count). The van der Waals surface area contributed by atoms with Crippen molar-refractivity contribution in [2.24, 2.45) is 5.92 Å². The highest BCUT2D eigenvalue weighted by Crippen LogP contribution is 2.10. The van der Waals surface area contributed by atoms with E-state index in [1.807, 2.05) is 13.8 Å². The SMILES string of the molecule is CC.CCCCN(CCC(NC(C)=O)C(C)C)C(C)C. The number of nitrogens with one attached hydrogen (secondary N) is 1. The van der Waals surface area contributed by atoms with Gasteiger partial charge in [-0.15, -0.1) is 0 Å². The van der Waals surface area contributed by atoms with Crippen LogP contribution in [0.15, 0.2) is 0 Å². The molecule has 3 heteroatoms. The van der Waals surface area contributed by atoms with Crippen LogP contribution in [-0.4, -0.2) is 36.0 Å². The van der Waals surface area contributed by atoms with Crippen molar-refractivity contribution in [3.05, 3.63) is 0 Å². The molecule has 0 fully saturated rings. The molecule has 0 radical (unpaired) electrons. The molecule has 0 bridgehead atoms. The third kappa shape index (κ3) is 11.3. The third-order valence-corrected chi connectivity index (χ3v) is 3.45. The van der Waals surface area contributed by atoms with Gasteiger partial charge in [0.15, 0.2) is 0 Å². The Morgan fingerprint density at radius 1 is 1.10 bits per heavy atom. The summed E-state index contributed by atoms with van der Waals surface area (Å²) in [6.07, 6.45) is 3.53. The molecule has 0 heterocycles. The summed E-state index contributed by atoms with van der Waals surface area (Å²) in [5.74, 6) is 0.576. The molecular weight excluding hydrogens is 248 g/mol. The first-order valence-corrected chi connectivity index (χ1v) is 8.39. The van der Waals surface area contributed by atoms with E-state index in [9.17, 15) is 4.79 Å². The lowest BCUT2D eigenvalue weighted by atomic mass is 10.00. The summed E-state index contributed by atoms with van der Waals surface area (Å²) in [4.78, 5) is 13.7. The Bertz CT molecular complexity index is 227. The van der Waals surface area contributed by atoms with Crippen LogP contribution >= 0.6 is 0 Å². The molecule has 1 N–H and O–H groups in total. The van der Waals surface area contributed by atoms with Crippen molar-refractivity contribution in [2.75, 3.05) is 13.1 Å². The van der Waals surface area contributed by atoms with Gasteiger partial charge in [0.2, 0.25) is 5.91 Å². The lowest BCUT2D eigenvalue weighted by Gasteiger charge is -2.30. The molecular formula is C17H38N2O. The second-order valence-electron chi connectivity index (χ2n) is 5.82. The molecule has 0 saturated carbocycles. The molecule has 3 nitrogen and oxygen atoms in total. The summed E-state index contributed by atoms with van der Waals surface area (Å²) in [7, 11) is 0. The average molecular weight is 287 g/mol. The second kappa shape index (κ2) is 13.4. The van der Waals surface area contributed by atoms with Gasteiger partial charge in [0.05, 0.1) is 0 Å². The van der Waals surface area contributed by atoms with E-state index in [1.165, 1.54) is 19.4 Å². The van der Waals surface area contributed by atoms with Crippen LogP contribution in [0, 0.1) is 5.92 Å². The van der Waals surface area contributed by atoms with Gasteiger partial charge in [-0.1, -0.05) is 41.0 Å². The lowest BCUT2D eigenvalue weighted by molar-refractivity contribution is -0.120. The van der Waals surface area contributed by atoms with Crippen molar-refractivity contribution < 1.29 is 4.79 Å². The highest BCUT2D eigenvalue weighted by Gasteiger charge is 2.17. The number of hydrogen-bond acceptors (Lipinski definition) is 2. The number of unbranched alkanes of at least 4 members (excludes halogenated alkanes) is 1. The summed E-state index contributed by atoms with van der Waals surface area (Å²) in [5, 5.41) is 3.06. The molecule has 1 atom stereocenters. The summed E-state index contributed by atoms with van der Waals surface area (Å²) in [6, 6.07) is 0.882. The Morgan fingerprint density at radius 3 is 2.00 bits per heavy atom. The van der Waals surface area contributed by atoms with Gasteiger partial charge in [0.1, 0.15) is 0 Å². The quantitative estimate of drug-likeness (QED) is 0.693. The van der Waals surface area contributed by atoms with E-state index in [0.717, 1.165) is 13.0 Å². The predicted molar refractivity (Wildman–Crippen MR) is 90.0 cm³/mol. The number of nitrogens with zero attached hydrogens (tertiary/aromatic N) is 1. The van der Waals surface area contributed by atoms with Crippen LogP contribution < -0.4 is 5.32 Å². The van der Waals surface area contributed by atoms with Crippen LogP contribution in [0.5, 0.6) is 0 Å². The molecule has 0 spiro atoms. The molecule has 0 aliphatic carbocycles. The van der Waals surface area contributed by atoms with Crippen LogP contribution in [0.25, 0.3) is 0 Å². The number of carbonyl (C=O) groups excluding carboxylic acids is 1. The summed E-state index contributed by atoms with van der Waals surface area (Å²) < 4.78 is 0. The van der Waals surface area contributed by atoms with E-state index in [-0.39, 0.29) is 5.91 Å². The monoisotopic (exact) mass is 286 g/mol. The summed E-state index contributed by atoms with van der Waals surface area (Å²) >= 11 is 0. The Labute approximate surface area is 127 Å². The zero-order valence-corrected chi connectivity index (χ0v) is 15.1. The molecule has 0 aromatic carbocycles. The fourth-order valence-corrected chi connectivity index (χ4v) is 2.13. The van der Waals surface area contributed by atoms with E-state index >= 15 is 0 Å². The first-order chi connectivity index (χ1) is 9.38. The van der Waals surface area contributed by atoms with Gasteiger partial charge in [-0.05, 0) is 39.2 Å². The molecule has 20 heavy (non-hydrogen) atoms. The first kappa shape index (κ1) is 21.7. The van der Waals surface area contributed by atoms with Gasteiger partial charge in [-0.3, -0.25) is 4.79 Å². The van der Waals surface area contributed by atoms with Gasteiger partial charge in [-0.25, -0.2) is 0 Å². The van der Waals surface area contributed by atoms with Crippen LogP contribution in [0.1, 0.15) is 74.7 Å². The fourth-order valence-electron chi connectivity index (χ4n) is 2.13. The second-order valence-corrected chi connectivity index (χ2v) is 5.82. The maximum absolute atomic E-state index is 11.2. The Morgan fingerprint density at radius 2 is 1.65 bits per heavy atom. The molecule has 1 unspecified atom stereocenters. The zero-order valence-electron chi connectivity index (χ0n) is 15.1. The number of amides is 1. The molecule has 122 valence electrons.